The first-order valence-electron chi connectivity index (χ1n) is 11.5. The van der Waals surface area contributed by atoms with Gasteiger partial charge in [-0.1, -0.05) is 120 Å². The van der Waals surface area contributed by atoms with Gasteiger partial charge in [0.1, 0.15) is 5.78 Å². The van der Waals surface area contributed by atoms with E-state index < -0.39 is 7.92 Å². The minimum atomic E-state index is -0.472. The van der Waals surface area contributed by atoms with Crippen LogP contribution in [0.15, 0.2) is 60.7 Å². The predicted molar refractivity (Wildman–Crippen MR) is 149 cm³/mol. The van der Waals surface area contributed by atoms with Gasteiger partial charge in [0.15, 0.2) is 5.12 Å². The molecule has 0 aliphatic heterocycles. The van der Waals surface area contributed by atoms with Gasteiger partial charge in [-0.25, -0.2) is 0 Å². The summed E-state index contributed by atoms with van der Waals surface area (Å²) in [7, 11) is -0.472. The first-order valence-corrected chi connectivity index (χ1v) is 14.1. The molecule has 2 nitrogen and oxygen atoms in total. The number of thioether (sulfide) groups is 1. The van der Waals surface area contributed by atoms with Crippen LogP contribution in [-0.4, -0.2) is 16.4 Å². The van der Waals surface area contributed by atoms with E-state index in [0.29, 0.717) is 12.8 Å². The summed E-state index contributed by atoms with van der Waals surface area (Å²) in [6.45, 7) is 20.0. The van der Waals surface area contributed by atoms with E-state index in [9.17, 15) is 9.59 Å². The zero-order chi connectivity index (χ0) is 25.1. The molecule has 0 heterocycles. The summed E-state index contributed by atoms with van der Waals surface area (Å²) in [5.41, 5.74) is 0.785. The first kappa shape index (κ1) is 33.7. The summed E-state index contributed by atoms with van der Waals surface area (Å²) in [6.07, 6.45) is 2.11. The maximum absolute atomic E-state index is 11.8. The van der Waals surface area contributed by atoms with Crippen LogP contribution in [0.25, 0.3) is 0 Å². The van der Waals surface area contributed by atoms with Crippen LogP contribution in [-0.2, 0) is 42.3 Å². The molecule has 1 unspecified atom stereocenters. The molecule has 1 atom stereocenters. The fraction of sp³-hybridized carbons (Fsp3) is 0.448. The van der Waals surface area contributed by atoms with Crippen molar-refractivity contribution >= 4 is 41.2 Å². The normalized spacial score (nSPS) is 12.3. The molecule has 0 aliphatic carbocycles. The minimum absolute atomic E-state index is 0. The Bertz CT molecular complexity index is 802. The largest absolute Gasteiger partial charge is 0.343 e. The minimum Gasteiger partial charge on any atom is -0.343 e. The molecule has 2 aromatic rings. The van der Waals surface area contributed by atoms with E-state index in [0.717, 1.165) is 11.9 Å². The molecule has 0 saturated heterocycles. The van der Waals surface area contributed by atoms with E-state index in [-0.39, 0.29) is 60.4 Å². The third-order valence-corrected chi connectivity index (χ3v) is 8.76. The number of ketones is 1. The number of Topliss-reactive ketones (excluding diaryl/α,β-unsaturated/α-hetero) is 1. The summed E-state index contributed by atoms with van der Waals surface area (Å²) >= 11 is 1.45. The summed E-state index contributed by atoms with van der Waals surface area (Å²) in [5.74, 6) is 0.197. The summed E-state index contributed by atoms with van der Waals surface area (Å²) in [4.78, 5) is 23.5. The van der Waals surface area contributed by atoms with Crippen molar-refractivity contribution in [1.29, 1.82) is 0 Å². The fourth-order valence-corrected chi connectivity index (χ4v) is 7.25. The van der Waals surface area contributed by atoms with Crippen molar-refractivity contribution in [3.8, 4) is 0 Å². The number of hydrogen-bond donors (Lipinski definition) is 0. The first-order chi connectivity index (χ1) is 15.3. The van der Waals surface area contributed by atoms with Gasteiger partial charge in [0, 0.05) is 43.6 Å². The molecule has 5 heteroatoms. The molecule has 0 fully saturated rings. The van der Waals surface area contributed by atoms with Gasteiger partial charge < -0.3 is 18.6 Å². The SMILES string of the molecule is [CH2-]C(CC(C)(C)C)C(=O)C(C)(C)C.[CH2-]CCC(=O)SCP(c1ccccc1)c1ccccc1.[Y]. The van der Waals surface area contributed by atoms with E-state index in [1.165, 1.54) is 22.4 Å². The third kappa shape index (κ3) is 13.7. The molecule has 34 heavy (non-hydrogen) atoms. The van der Waals surface area contributed by atoms with Crippen molar-refractivity contribution in [1.82, 2.24) is 0 Å². The van der Waals surface area contributed by atoms with Crippen LogP contribution in [0, 0.1) is 30.6 Å². The Labute approximate surface area is 239 Å². The van der Waals surface area contributed by atoms with Gasteiger partial charge in [0.05, 0.1) is 0 Å². The molecular weight excluding hydrogens is 532 g/mol. The number of hydrogen-bond acceptors (Lipinski definition) is 3. The van der Waals surface area contributed by atoms with Crippen LogP contribution >= 0.6 is 19.7 Å². The molecule has 185 valence electrons. The number of carbonyl (C=O) groups excluding carboxylic acids is 2. The fourth-order valence-electron chi connectivity index (χ4n) is 3.31. The summed E-state index contributed by atoms with van der Waals surface area (Å²) < 4.78 is 0. The van der Waals surface area contributed by atoms with Gasteiger partial charge in [-0.15, -0.1) is 5.92 Å². The average molecular weight is 574 g/mol. The van der Waals surface area contributed by atoms with E-state index in [1.807, 2.05) is 32.9 Å². The van der Waals surface area contributed by atoms with Crippen molar-refractivity contribution in [2.24, 2.45) is 16.7 Å². The molecule has 0 spiro atoms. The molecule has 0 amide bonds. The zero-order valence-corrected chi connectivity index (χ0v) is 26.4. The Morgan fingerprint density at radius 2 is 1.32 bits per heavy atom. The Kier molecular flexibility index (Phi) is 16.3. The maximum atomic E-state index is 11.8. The van der Waals surface area contributed by atoms with E-state index in [4.69, 9.17) is 0 Å². The topological polar surface area (TPSA) is 34.1 Å². The Morgan fingerprint density at radius 1 is 0.882 bits per heavy atom. The quantitative estimate of drug-likeness (QED) is 0.243. The third-order valence-electron chi connectivity index (χ3n) is 4.84. The van der Waals surface area contributed by atoms with Gasteiger partial charge in [0.2, 0.25) is 0 Å². The van der Waals surface area contributed by atoms with Crippen molar-refractivity contribution in [3.05, 3.63) is 74.5 Å². The van der Waals surface area contributed by atoms with E-state index >= 15 is 0 Å². The van der Waals surface area contributed by atoms with Crippen molar-refractivity contribution < 1.29 is 42.3 Å². The molecule has 0 aliphatic rings. The van der Waals surface area contributed by atoms with Crippen molar-refractivity contribution in [2.45, 2.75) is 60.8 Å². The molecule has 0 N–H and O–H groups in total. The monoisotopic (exact) mass is 573 g/mol. The van der Waals surface area contributed by atoms with Crippen molar-refractivity contribution in [2.75, 3.05) is 5.49 Å². The molecule has 2 aromatic carbocycles. The second-order valence-corrected chi connectivity index (χ2v) is 14.1. The van der Waals surface area contributed by atoms with Crippen LogP contribution in [0.5, 0.6) is 0 Å². The average Bonchev–Trinajstić information content (AvgIpc) is 2.74. The summed E-state index contributed by atoms with van der Waals surface area (Å²) in [6, 6.07) is 21.0. The van der Waals surface area contributed by atoms with E-state index in [1.54, 1.807) is 0 Å². The Hall–Kier alpha value is -0.336. The van der Waals surface area contributed by atoms with Crippen LogP contribution < -0.4 is 10.6 Å². The van der Waals surface area contributed by atoms with Crippen molar-refractivity contribution in [3.63, 3.8) is 0 Å². The predicted octanol–water partition coefficient (Wildman–Crippen LogP) is 7.44. The molecule has 0 aromatic heterocycles. The molecule has 0 saturated carbocycles. The van der Waals surface area contributed by atoms with Gasteiger partial charge in [0.25, 0.3) is 0 Å². The number of benzene rings is 2. The second kappa shape index (κ2) is 16.4. The molecule has 2 rings (SSSR count). The molecular formula is C29H41O2PSY-2. The van der Waals surface area contributed by atoms with Gasteiger partial charge in [-0.2, -0.15) is 6.42 Å². The standard InChI is InChI=1S/C17H18OPS.C12H23O.Y/c1-2-9-17(18)20-14-19(15-10-5-3-6-11-15)16-12-7-4-8-13-16;1-9(8-11(2,3)4)10(13)12(5,6)7;/h3-8,10-13H,1-2,9,14H2;9H,1,8H2,2-7H3;/q2*-1;. The smallest absolute Gasteiger partial charge is 0.186 e. The number of carbonyl (C=O) groups is 2. The zero-order valence-electron chi connectivity index (χ0n) is 21.8. The number of rotatable bonds is 8. The van der Waals surface area contributed by atoms with Crippen LogP contribution in [0.3, 0.4) is 0 Å². The Balaban J connectivity index is 0.000000684. The summed E-state index contributed by atoms with van der Waals surface area (Å²) in [5, 5.41) is 2.90. The van der Waals surface area contributed by atoms with Crippen LogP contribution in [0.1, 0.15) is 60.8 Å². The van der Waals surface area contributed by atoms with Gasteiger partial charge in [-0.3, -0.25) is 4.79 Å². The maximum Gasteiger partial charge on any atom is 0.186 e. The molecule has 1 radical (unpaired) electrons. The molecule has 0 bridgehead atoms. The van der Waals surface area contributed by atoms with E-state index in [2.05, 4.69) is 83.1 Å². The van der Waals surface area contributed by atoms with Gasteiger partial charge in [-0.05, 0) is 30.4 Å². The second-order valence-electron chi connectivity index (χ2n) is 10.4. The van der Waals surface area contributed by atoms with Gasteiger partial charge >= 0.3 is 0 Å². The van der Waals surface area contributed by atoms with Crippen LogP contribution in [0.4, 0.5) is 0 Å². The Morgan fingerprint density at radius 3 is 1.68 bits per heavy atom. The van der Waals surface area contributed by atoms with Crippen LogP contribution in [0.2, 0.25) is 0 Å².